The Bertz CT molecular complexity index is 722. The molecule has 4 heteroatoms. The van der Waals surface area contributed by atoms with Crippen LogP contribution in [0, 0.1) is 0 Å². The van der Waals surface area contributed by atoms with Crippen LogP contribution in [-0.2, 0) is 0 Å². The van der Waals surface area contributed by atoms with Gasteiger partial charge in [-0.05, 0) is 30.3 Å². The Kier molecular flexibility index (Phi) is 3.28. The summed E-state index contributed by atoms with van der Waals surface area (Å²) in [6.07, 6.45) is 1.64. The van der Waals surface area contributed by atoms with Crippen LogP contribution < -0.4 is 5.32 Å². The Balaban J connectivity index is 2.16. The number of rotatable bonds is 2. The third-order valence-corrected chi connectivity index (χ3v) is 3.35. The smallest absolute Gasteiger partial charge is 0.0830 e. The van der Waals surface area contributed by atoms with E-state index >= 15 is 0 Å². The second kappa shape index (κ2) is 5.08. The molecule has 3 rings (SSSR count). The molecule has 0 aliphatic carbocycles. The van der Waals surface area contributed by atoms with E-state index in [9.17, 15) is 0 Å². The van der Waals surface area contributed by atoms with E-state index < -0.39 is 0 Å². The summed E-state index contributed by atoms with van der Waals surface area (Å²) in [4.78, 5) is 4.29. The largest absolute Gasteiger partial charge is 0.354 e. The molecule has 0 aliphatic rings. The minimum Gasteiger partial charge on any atom is -0.354 e. The molecule has 0 saturated carbocycles. The summed E-state index contributed by atoms with van der Waals surface area (Å²) >= 11 is 12.3. The number of halogens is 2. The van der Waals surface area contributed by atoms with Crippen molar-refractivity contribution in [3.8, 4) is 0 Å². The number of hydrogen-bond donors (Lipinski definition) is 1. The van der Waals surface area contributed by atoms with Crippen molar-refractivity contribution < 1.29 is 0 Å². The van der Waals surface area contributed by atoms with E-state index in [0.717, 1.165) is 22.3 Å². The SMILES string of the molecule is Clc1ccc2ncc(Cl)c(Nc3ccccc3)c2c1. The number of nitrogens with zero attached hydrogens (tertiary/aromatic N) is 1. The fourth-order valence-electron chi connectivity index (χ4n) is 1.93. The first-order valence-corrected chi connectivity index (χ1v) is 6.55. The summed E-state index contributed by atoms with van der Waals surface area (Å²) in [5, 5.41) is 5.45. The number of pyridine rings is 1. The van der Waals surface area contributed by atoms with Gasteiger partial charge in [-0.2, -0.15) is 0 Å². The van der Waals surface area contributed by atoms with Crippen LogP contribution in [0.4, 0.5) is 11.4 Å². The van der Waals surface area contributed by atoms with Gasteiger partial charge in [-0.1, -0.05) is 41.4 Å². The standard InChI is InChI=1S/C15H10Cl2N2/c16-10-6-7-14-12(8-10)15(13(17)9-18-14)19-11-4-2-1-3-5-11/h1-9H,(H,18,19). The molecule has 1 N–H and O–H groups in total. The van der Waals surface area contributed by atoms with Gasteiger partial charge in [-0.3, -0.25) is 4.98 Å². The number of para-hydroxylation sites is 1. The number of fused-ring (bicyclic) bond motifs is 1. The Morgan fingerprint density at radius 2 is 1.74 bits per heavy atom. The highest BCUT2D eigenvalue weighted by atomic mass is 35.5. The van der Waals surface area contributed by atoms with Crippen molar-refractivity contribution in [3.05, 3.63) is 64.8 Å². The highest BCUT2D eigenvalue weighted by Crippen LogP contribution is 2.33. The Hall–Kier alpha value is -1.77. The van der Waals surface area contributed by atoms with Crippen molar-refractivity contribution in [2.75, 3.05) is 5.32 Å². The summed E-state index contributed by atoms with van der Waals surface area (Å²) in [5.74, 6) is 0. The highest BCUT2D eigenvalue weighted by Gasteiger charge is 2.08. The first-order chi connectivity index (χ1) is 9.24. The monoisotopic (exact) mass is 288 g/mol. The maximum Gasteiger partial charge on any atom is 0.0830 e. The zero-order valence-electron chi connectivity index (χ0n) is 9.90. The van der Waals surface area contributed by atoms with Crippen molar-refractivity contribution in [2.24, 2.45) is 0 Å². The highest BCUT2D eigenvalue weighted by molar-refractivity contribution is 6.35. The molecule has 2 nitrogen and oxygen atoms in total. The normalized spacial score (nSPS) is 10.6. The number of aromatic nitrogens is 1. The lowest BCUT2D eigenvalue weighted by Crippen LogP contribution is -1.93. The lowest BCUT2D eigenvalue weighted by molar-refractivity contribution is 1.40. The number of hydrogen-bond acceptors (Lipinski definition) is 2. The van der Waals surface area contributed by atoms with Crippen LogP contribution in [0.3, 0.4) is 0 Å². The van der Waals surface area contributed by atoms with Gasteiger partial charge in [0.25, 0.3) is 0 Å². The fraction of sp³-hybridized carbons (Fsp3) is 0. The Morgan fingerprint density at radius 1 is 0.947 bits per heavy atom. The van der Waals surface area contributed by atoms with Gasteiger partial charge >= 0.3 is 0 Å². The molecule has 0 radical (unpaired) electrons. The van der Waals surface area contributed by atoms with E-state index in [-0.39, 0.29) is 0 Å². The van der Waals surface area contributed by atoms with Crippen LogP contribution in [-0.4, -0.2) is 4.98 Å². The molecule has 0 fully saturated rings. The van der Waals surface area contributed by atoms with Gasteiger partial charge in [-0.15, -0.1) is 0 Å². The molecule has 1 aromatic heterocycles. The van der Waals surface area contributed by atoms with Gasteiger partial charge in [0.05, 0.1) is 16.2 Å². The Labute approximate surface area is 121 Å². The van der Waals surface area contributed by atoms with Crippen LogP contribution in [0.1, 0.15) is 0 Å². The predicted molar refractivity (Wildman–Crippen MR) is 81.5 cm³/mol. The summed E-state index contributed by atoms with van der Waals surface area (Å²) in [6, 6.07) is 15.4. The molecule has 3 aromatic rings. The third-order valence-electron chi connectivity index (χ3n) is 2.83. The molecular formula is C15H10Cl2N2. The van der Waals surface area contributed by atoms with Crippen LogP contribution in [0.2, 0.25) is 10.0 Å². The summed E-state index contributed by atoms with van der Waals surface area (Å²) in [5.41, 5.74) is 2.64. The van der Waals surface area contributed by atoms with E-state index in [2.05, 4.69) is 10.3 Å². The van der Waals surface area contributed by atoms with Gasteiger partial charge in [0, 0.05) is 22.3 Å². The second-order valence-corrected chi connectivity index (χ2v) is 4.98. The van der Waals surface area contributed by atoms with E-state index in [0.29, 0.717) is 10.0 Å². The molecule has 1 heterocycles. The molecule has 94 valence electrons. The third kappa shape index (κ3) is 2.50. The lowest BCUT2D eigenvalue weighted by atomic mass is 10.2. The van der Waals surface area contributed by atoms with Gasteiger partial charge in [0.15, 0.2) is 0 Å². The lowest BCUT2D eigenvalue weighted by Gasteiger charge is -2.11. The van der Waals surface area contributed by atoms with Gasteiger partial charge in [0.2, 0.25) is 0 Å². The number of nitrogens with one attached hydrogen (secondary N) is 1. The average molecular weight is 289 g/mol. The molecule has 2 aromatic carbocycles. The van der Waals surface area contributed by atoms with Gasteiger partial charge in [-0.25, -0.2) is 0 Å². The fourth-order valence-corrected chi connectivity index (χ4v) is 2.30. The molecule has 0 amide bonds. The van der Waals surface area contributed by atoms with E-state index in [4.69, 9.17) is 23.2 Å². The Morgan fingerprint density at radius 3 is 2.53 bits per heavy atom. The quantitative estimate of drug-likeness (QED) is 0.693. The molecule has 0 bridgehead atoms. The topological polar surface area (TPSA) is 24.9 Å². The van der Waals surface area contributed by atoms with E-state index in [1.54, 1.807) is 6.20 Å². The average Bonchev–Trinajstić information content (AvgIpc) is 2.43. The molecule has 0 unspecified atom stereocenters. The molecule has 0 spiro atoms. The number of benzene rings is 2. The molecule has 0 atom stereocenters. The van der Waals surface area contributed by atoms with E-state index in [1.165, 1.54) is 0 Å². The first-order valence-electron chi connectivity index (χ1n) is 5.80. The molecule has 0 aliphatic heterocycles. The summed E-state index contributed by atoms with van der Waals surface area (Å²) in [6.45, 7) is 0. The van der Waals surface area contributed by atoms with Crippen molar-refractivity contribution in [1.29, 1.82) is 0 Å². The van der Waals surface area contributed by atoms with Crippen molar-refractivity contribution >= 4 is 45.5 Å². The van der Waals surface area contributed by atoms with Crippen molar-refractivity contribution in [1.82, 2.24) is 4.98 Å². The van der Waals surface area contributed by atoms with Crippen LogP contribution in [0.5, 0.6) is 0 Å². The second-order valence-electron chi connectivity index (χ2n) is 4.13. The van der Waals surface area contributed by atoms with Gasteiger partial charge < -0.3 is 5.32 Å². The number of anilines is 2. The zero-order valence-corrected chi connectivity index (χ0v) is 11.4. The minimum absolute atomic E-state index is 0.568. The molecule has 19 heavy (non-hydrogen) atoms. The molecular weight excluding hydrogens is 279 g/mol. The summed E-state index contributed by atoms with van der Waals surface area (Å²) < 4.78 is 0. The summed E-state index contributed by atoms with van der Waals surface area (Å²) in [7, 11) is 0. The van der Waals surface area contributed by atoms with Crippen molar-refractivity contribution in [3.63, 3.8) is 0 Å². The van der Waals surface area contributed by atoms with Crippen molar-refractivity contribution in [2.45, 2.75) is 0 Å². The minimum atomic E-state index is 0.568. The molecule has 0 saturated heterocycles. The maximum absolute atomic E-state index is 6.24. The first kappa shape index (κ1) is 12.3. The van der Waals surface area contributed by atoms with Crippen LogP contribution in [0.15, 0.2) is 54.7 Å². The van der Waals surface area contributed by atoms with Crippen LogP contribution in [0.25, 0.3) is 10.9 Å². The predicted octanol–water partition coefficient (Wildman–Crippen LogP) is 5.29. The van der Waals surface area contributed by atoms with Crippen LogP contribution >= 0.6 is 23.2 Å². The van der Waals surface area contributed by atoms with E-state index in [1.807, 2.05) is 48.5 Å². The zero-order chi connectivity index (χ0) is 13.2. The van der Waals surface area contributed by atoms with Gasteiger partial charge in [0.1, 0.15) is 0 Å². The maximum atomic E-state index is 6.24.